The molecule has 0 radical (unpaired) electrons. The Hall–Kier alpha value is -1.29. The molecule has 0 aliphatic rings. The lowest BCUT2D eigenvalue weighted by atomic mass is 10.0. The molecule has 2 rings (SSSR count). The zero-order chi connectivity index (χ0) is 16.7. The summed E-state index contributed by atoms with van der Waals surface area (Å²) in [7, 11) is 0. The molecule has 23 heavy (non-hydrogen) atoms. The molecule has 0 aliphatic heterocycles. The number of thioether (sulfide) groups is 1. The zero-order valence-corrected chi connectivity index (χ0v) is 14.9. The van der Waals surface area contributed by atoms with Crippen molar-refractivity contribution < 1.29 is 4.79 Å². The number of Topliss-reactive ketones (excluding diaryl/α,β-unsaturated/α-hetero) is 1. The number of benzene rings is 1. The Morgan fingerprint density at radius 2 is 2.00 bits per heavy atom. The first-order valence-corrected chi connectivity index (χ1v) is 9.03. The largest absolute Gasteiger partial charge is 0.294 e. The van der Waals surface area contributed by atoms with Crippen LogP contribution in [0.2, 0.25) is 10.3 Å². The average molecular weight is 366 g/mol. The normalized spacial score (nSPS) is 10.5. The number of carbonyl (C=O) groups is 1. The number of pyridine rings is 1. The topological polar surface area (TPSA) is 30.0 Å². The van der Waals surface area contributed by atoms with Gasteiger partial charge in [-0.15, -0.1) is 18.3 Å². The van der Waals surface area contributed by atoms with E-state index in [0.29, 0.717) is 22.9 Å². The molecule has 0 aliphatic carbocycles. The molecule has 0 N–H and O–H groups in total. The van der Waals surface area contributed by atoms with Crippen LogP contribution in [0.3, 0.4) is 0 Å². The summed E-state index contributed by atoms with van der Waals surface area (Å²) in [5.74, 6) is 0.624. The second-order valence-electron chi connectivity index (χ2n) is 4.98. The molecule has 1 aromatic heterocycles. The van der Waals surface area contributed by atoms with Gasteiger partial charge < -0.3 is 0 Å². The van der Waals surface area contributed by atoms with E-state index in [4.69, 9.17) is 23.2 Å². The third-order valence-electron chi connectivity index (χ3n) is 3.25. The predicted molar refractivity (Wildman–Crippen MR) is 98.6 cm³/mol. The van der Waals surface area contributed by atoms with Crippen molar-refractivity contribution in [2.75, 3.05) is 0 Å². The molecule has 2 aromatic rings. The van der Waals surface area contributed by atoms with Gasteiger partial charge in [0.05, 0.1) is 5.56 Å². The molecule has 0 unspecified atom stereocenters. The molecular formula is C18H17Cl2NOS. The van der Waals surface area contributed by atoms with Gasteiger partial charge in [-0.2, -0.15) is 0 Å². The number of ketones is 1. The van der Waals surface area contributed by atoms with Crippen LogP contribution in [-0.4, -0.2) is 10.8 Å². The summed E-state index contributed by atoms with van der Waals surface area (Å²) in [5, 5.41) is 0.492. The van der Waals surface area contributed by atoms with Crippen molar-refractivity contribution >= 4 is 40.7 Å². The average Bonchev–Trinajstić information content (AvgIpc) is 2.53. The lowest BCUT2D eigenvalue weighted by Gasteiger charge is -2.11. The van der Waals surface area contributed by atoms with E-state index < -0.39 is 0 Å². The molecule has 2 nitrogen and oxygen atoms in total. The van der Waals surface area contributed by atoms with Crippen molar-refractivity contribution in [3.63, 3.8) is 0 Å². The second kappa shape index (κ2) is 9.11. The predicted octanol–water partition coefficient (Wildman–Crippen LogP) is 6.22. The zero-order valence-electron chi connectivity index (χ0n) is 12.6. The van der Waals surface area contributed by atoms with E-state index in [1.54, 1.807) is 23.9 Å². The first kappa shape index (κ1) is 18.1. The number of rotatable bonds is 8. The van der Waals surface area contributed by atoms with Crippen molar-refractivity contribution in [3.8, 4) is 0 Å². The van der Waals surface area contributed by atoms with Gasteiger partial charge in [0.15, 0.2) is 5.78 Å². The summed E-state index contributed by atoms with van der Waals surface area (Å²) in [5.41, 5.74) is 1.32. The molecule has 0 amide bonds. The van der Waals surface area contributed by atoms with Crippen LogP contribution in [0.1, 0.15) is 35.2 Å². The standard InChI is InChI=1S/C18H17Cl2NOS/c1-2-3-5-10-15(22)17-13(11-16(19)21-18(17)20)12-23-14-8-6-4-7-9-14/h2,4,6-9,11H,1,3,5,10,12H2. The van der Waals surface area contributed by atoms with Gasteiger partial charge in [0, 0.05) is 17.1 Å². The number of allylic oxidation sites excluding steroid dienone is 1. The molecule has 1 heterocycles. The first-order valence-electron chi connectivity index (χ1n) is 7.28. The van der Waals surface area contributed by atoms with Gasteiger partial charge in [-0.25, -0.2) is 4.98 Å². The van der Waals surface area contributed by atoms with Gasteiger partial charge in [0.25, 0.3) is 0 Å². The highest BCUT2D eigenvalue weighted by Crippen LogP contribution is 2.30. The Kier molecular flexibility index (Phi) is 7.15. The van der Waals surface area contributed by atoms with E-state index in [2.05, 4.69) is 11.6 Å². The van der Waals surface area contributed by atoms with Crippen LogP contribution >= 0.6 is 35.0 Å². The number of hydrogen-bond acceptors (Lipinski definition) is 3. The van der Waals surface area contributed by atoms with Crippen LogP contribution < -0.4 is 0 Å². The first-order chi connectivity index (χ1) is 11.1. The third-order valence-corrected chi connectivity index (χ3v) is 4.78. The number of nitrogens with zero attached hydrogens (tertiary/aromatic N) is 1. The summed E-state index contributed by atoms with van der Waals surface area (Å²) in [4.78, 5) is 17.6. The number of unbranched alkanes of at least 4 members (excludes halogenated alkanes) is 1. The maximum atomic E-state index is 12.5. The maximum absolute atomic E-state index is 12.5. The van der Waals surface area contributed by atoms with E-state index in [0.717, 1.165) is 23.3 Å². The summed E-state index contributed by atoms with van der Waals surface area (Å²) in [6.07, 6.45) is 3.80. The molecular weight excluding hydrogens is 349 g/mol. The van der Waals surface area contributed by atoms with E-state index >= 15 is 0 Å². The van der Waals surface area contributed by atoms with Crippen LogP contribution in [0.25, 0.3) is 0 Å². The molecule has 0 saturated heterocycles. The van der Waals surface area contributed by atoms with Crippen molar-refractivity contribution in [2.24, 2.45) is 0 Å². The summed E-state index contributed by atoms with van der Waals surface area (Å²) < 4.78 is 0. The number of hydrogen-bond donors (Lipinski definition) is 0. The Balaban J connectivity index is 2.19. The van der Waals surface area contributed by atoms with E-state index in [1.807, 2.05) is 30.3 Å². The second-order valence-corrected chi connectivity index (χ2v) is 6.77. The van der Waals surface area contributed by atoms with Gasteiger partial charge in [-0.3, -0.25) is 4.79 Å². The Bertz CT molecular complexity index is 689. The summed E-state index contributed by atoms with van der Waals surface area (Å²) in [6.45, 7) is 3.67. The number of aromatic nitrogens is 1. The van der Waals surface area contributed by atoms with E-state index in [1.165, 1.54) is 0 Å². The Labute approximate surface area is 150 Å². The third kappa shape index (κ3) is 5.38. The van der Waals surface area contributed by atoms with Gasteiger partial charge in [-0.1, -0.05) is 47.5 Å². The highest BCUT2D eigenvalue weighted by molar-refractivity contribution is 7.98. The monoisotopic (exact) mass is 365 g/mol. The highest BCUT2D eigenvalue weighted by atomic mass is 35.5. The molecule has 0 spiro atoms. The minimum absolute atomic E-state index is 0.00433. The minimum Gasteiger partial charge on any atom is -0.294 e. The summed E-state index contributed by atoms with van der Waals surface area (Å²) in [6, 6.07) is 11.7. The van der Waals surface area contributed by atoms with Gasteiger partial charge in [0.1, 0.15) is 10.3 Å². The molecule has 0 fully saturated rings. The Morgan fingerprint density at radius 1 is 1.26 bits per heavy atom. The van der Waals surface area contributed by atoms with E-state index in [-0.39, 0.29) is 10.9 Å². The lowest BCUT2D eigenvalue weighted by Crippen LogP contribution is -2.06. The maximum Gasteiger partial charge on any atom is 0.166 e. The summed E-state index contributed by atoms with van der Waals surface area (Å²) >= 11 is 13.8. The van der Waals surface area contributed by atoms with Gasteiger partial charge in [0.2, 0.25) is 0 Å². The molecule has 5 heteroatoms. The number of carbonyl (C=O) groups excluding carboxylic acids is 1. The van der Waals surface area contributed by atoms with Gasteiger partial charge in [-0.05, 0) is 36.6 Å². The molecule has 0 bridgehead atoms. The van der Waals surface area contributed by atoms with Crippen LogP contribution in [0.5, 0.6) is 0 Å². The SMILES string of the molecule is C=CCCCC(=O)c1c(CSc2ccccc2)cc(Cl)nc1Cl. The smallest absolute Gasteiger partial charge is 0.166 e. The lowest BCUT2D eigenvalue weighted by molar-refractivity contribution is 0.0979. The van der Waals surface area contributed by atoms with Crippen molar-refractivity contribution in [1.29, 1.82) is 0 Å². The van der Waals surface area contributed by atoms with Crippen LogP contribution in [0.4, 0.5) is 0 Å². The highest BCUT2D eigenvalue weighted by Gasteiger charge is 2.18. The fourth-order valence-corrected chi connectivity index (χ4v) is 3.62. The van der Waals surface area contributed by atoms with E-state index in [9.17, 15) is 4.79 Å². The molecule has 120 valence electrons. The molecule has 0 atom stereocenters. The minimum atomic E-state index is 0.00433. The van der Waals surface area contributed by atoms with Crippen LogP contribution in [0.15, 0.2) is 53.9 Å². The van der Waals surface area contributed by atoms with Crippen molar-refractivity contribution in [3.05, 3.63) is 70.5 Å². The number of halogens is 2. The molecule has 0 saturated carbocycles. The van der Waals surface area contributed by atoms with Gasteiger partial charge >= 0.3 is 0 Å². The fourth-order valence-electron chi connectivity index (χ4n) is 2.15. The van der Waals surface area contributed by atoms with Crippen molar-refractivity contribution in [1.82, 2.24) is 4.98 Å². The fraction of sp³-hybridized carbons (Fsp3) is 0.222. The van der Waals surface area contributed by atoms with Crippen LogP contribution in [0, 0.1) is 0 Å². The molecule has 1 aromatic carbocycles. The Morgan fingerprint density at radius 3 is 2.70 bits per heavy atom. The quantitative estimate of drug-likeness (QED) is 0.183. The van der Waals surface area contributed by atoms with Crippen molar-refractivity contribution in [2.45, 2.75) is 29.9 Å². The van der Waals surface area contributed by atoms with Crippen LogP contribution in [-0.2, 0) is 5.75 Å².